The number of hydrogen-bond donors (Lipinski definition) is 1. The van der Waals surface area contributed by atoms with Gasteiger partial charge in [-0.2, -0.15) is 4.31 Å². The van der Waals surface area contributed by atoms with Crippen LogP contribution in [0.5, 0.6) is 0 Å². The summed E-state index contributed by atoms with van der Waals surface area (Å²) in [5.41, 5.74) is 3.99. The maximum absolute atomic E-state index is 12.7. The molecule has 1 atom stereocenters. The van der Waals surface area contributed by atoms with E-state index < -0.39 is 10.0 Å². The second-order valence-electron chi connectivity index (χ2n) is 7.72. The minimum atomic E-state index is -3.42. The average molecular weight is 419 g/mol. The van der Waals surface area contributed by atoms with E-state index in [4.69, 9.17) is 0 Å². The van der Waals surface area contributed by atoms with Gasteiger partial charge in [0.05, 0.1) is 6.04 Å². The van der Waals surface area contributed by atoms with Crippen LogP contribution < -0.4 is 5.32 Å². The van der Waals surface area contributed by atoms with Crippen molar-refractivity contribution in [2.24, 2.45) is 5.92 Å². The zero-order valence-electron chi connectivity index (χ0n) is 16.1. The number of rotatable bonds is 5. The quantitative estimate of drug-likeness (QED) is 0.808. The number of hydrogen-bond acceptors (Lipinski definition) is 4. The van der Waals surface area contributed by atoms with Gasteiger partial charge in [-0.25, -0.2) is 8.42 Å². The minimum Gasteiger partial charge on any atom is -0.349 e. The Hall–Kier alpha value is -1.70. The molecule has 0 saturated carbocycles. The van der Waals surface area contributed by atoms with Crippen molar-refractivity contribution >= 4 is 27.3 Å². The summed E-state index contributed by atoms with van der Waals surface area (Å²) in [4.78, 5) is 12.7. The van der Waals surface area contributed by atoms with Crippen LogP contribution in [-0.2, 0) is 27.7 Å². The molecule has 1 aliphatic heterocycles. The molecule has 1 aliphatic carbocycles. The van der Waals surface area contributed by atoms with Gasteiger partial charge in [0.1, 0.15) is 4.21 Å². The van der Waals surface area contributed by atoms with Crippen LogP contribution in [0.1, 0.15) is 48.9 Å². The van der Waals surface area contributed by atoms with E-state index >= 15 is 0 Å². The van der Waals surface area contributed by atoms with Crippen molar-refractivity contribution in [3.63, 3.8) is 0 Å². The van der Waals surface area contributed by atoms with E-state index in [0.29, 0.717) is 30.1 Å². The third-order valence-corrected chi connectivity index (χ3v) is 9.17. The van der Waals surface area contributed by atoms with Crippen molar-refractivity contribution in [2.45, 2.75) is 49.3 Å². The molecule has 0 bridgehead atoms. The second kappa shape index (κ2) is 7.97. The number of carbonyl (C=O) groups is 1. The van der Waals surface area contributed by atoms with E-state index in [1.54, 1.807) is 17.5 Å². The SMILES string of the molecule is CC(NC(=O)C1CCN(S(=O)(=O)c2cccs2)CC1)c1ccc2c(c1)CCC2. The molecule has 2 aromatic rings. The molecule has 1 aromatic carbocycles. The van der Waals surface area contributed by atoms with Gasteiger partial charge < -0.3 is 5.32 Å². The summed E-state index contributed by atoms with van der Waals surface area (Å²) in [5, 5.41) is 4.90. The van der Waals surface area contributed by atoms with E-state index in [1.807, 2.05) is 6.92 Å². The maximum Gasteiger partial charge on any atom is 0.252 e. The highest BCUT2D eigenvalue weighted by molar-refractivity contribution is 7.91. The van der Waals surface area contributed by atoms with Gasteiger partial charge in [-0.1, -0.05) is 24.3 Å². The fraction of sp³-hybridized carbons (Fsp3) is 0.476. The molecule has 1 fully saturated rings. The molecule has 0 radical (unpaired) electrons. The Labute approximate surface area is 170 Å². The van der Waals surface area contributed by atoms with Gasteiger partial charge in [0.15, 0.2) is 0 Å². The summed E-state index contributed by atoms with van der Waals surface area (Å²) in [5.74, 6) is -0.104. The lowest BCUT2D eigenvalue weighted by molar-refractivity contribution is -0.126. The first-order valence-corrected chi connectivity index (χ1v) is 12.2. The van der Waals surface area contributed by atoms with Gasteiger partial charge in [-0.3, -0.25) is 4.79 Å². The largest absolute Gasteiger partial charge is 0.349 e. The first-order chi connectivity index (χ1) is 13.4. The summed E-state index contributed by atoms with van der Waals surface area (Å²) in [7, 11) is -3.42. The van der Waals surface area contributed by atoms with Crippen LogP contribution in [0.15, 0.2) is 39.9 Å². The number of fused-ring (bicyclic) bond motifs is 1. The van der Waals surface area contributed by atoms with Gasteiger partial charge in [0, 0.05) is 19.0 Å². The number of benzene rings is 1. The molecule has 1 amide bonds. The molecule has 1 aromatic heterocycles. The summed E-state index contributed by atoms with van der Waals surface area (Å²) in [6, 6.07) is 9.88. The number of carbonyl (C=O) groups excluding carboxylic acids is 1. The van der Waals surface area contributed by atoms with Gasteiger partial charge in [0.2, 0.25) is 5.91 Å². The molecule has 2 aliphatic rings. The predicted molar refractivity (Wildman–Crippen MR) is 111 cm³/mol. The molecule has 1 unspecified atom stereocenters. The number of amides is 1. The van der Waals surface area contributed by atoms with E-state index in [9.17, 15) is 13.2 Å². The van der Waals surface area contributed by atoms with Gasteiger partial charge in [-0.05, 0) is 67.2 Å². The molecular weight excluding hydrogens is 392 g/mol. The first kappa shape index (κ1) is 19.6. The molecule has 150 valence electrons. The standard InChI is InChI=1S/C21H26N2O3S2/c1-15(18-8-7-16-4-2-5-19(16)14-18)22-21(24)17-9-11-23(12-10-17)28(25,26)20-6-3-13-27-20/h3,6-8,13-15,17H,2,4-5,9-12H2,1H3,(H,22,24). The Morgan fingerprint density at radius 1 is 1.18 bits per heavy atom. The van der Waals surface area contributed by atoms with Crippen molar-refractivity contribution in [1.29, 1.82) is 0 Å². The Bertz CT molecular complexity index is 946. The number of nitrogens with zero attached hydrogens (tertiary/aromatic N) is 1. The van der Waals surface area contributed by atoms with Crippen molar-refractivity contribution in [3.05, 3.63) is 52.4 Å². The maximum atomic E-state index is 12.7. The van der Waals surface area contributed by atoms with Crippen molar-refractivity contribution < 1.29 is 13.2 Å². The van der Waals surface area contributed by atoms with Crippen molar-refractivity contribution in [3.8, 4) is 0 Å². The fourth-order valence-electron chi connectivity index (χ4n) is 4.17. The monoisotopic (exact) mass is 418 g/mol. The zero-order valence-corrected chi connectivity index (χ0v) is 17.7. The number of thiophene rings is 1. The fourth-order valence-corrected chi connectivity index (χ4v) is 6.79. The van der Waals surface area contributed by atoms with Crippen LogP contribution >= 0.6 is 11.3 Å². The van der Waals surface area contributed by atoms with Crippen LogP contribution in [0, 0.1) is 5.92 Å². The molecule has 2 heterocycles. The Balaban J connectivity index is 1.34. The van der Waals surface area contributed by atoms with Crippen molar-refractivity contribution in [1.82, 2.24) is 9.62 Å². The van der Waals surface area contributed by atoms with Crippen LogP contribution in [0.2, 0.25) is 0 Å². The number of aryl methyl sites for hydroxylation is 2. The molecule has 0 spiro atoms. The highest BCUT2D eigenvalue weighted by Crippen LogP contribution is 2.28. The van der Waals surface area contributed by atoms with Crippen LogP contribution in [0.25, 0.3) is 0 Å². The van der Waals surface area contributed by atoms with Gasteiger partial charge in [0.25, 0.3) is 10.0 Å². The van der Waals surface area contributed by atoms with Crippen LogP contribution in [0.4, 0.5) is 0 Å². The Kier molecular flexibility index (Phi) is 5.58. The van der Waals surface area contributed by atoms with Crippen molar-refractivity contribution in [2.75, 3.05) is 13.1 Å². The lowest BCUT2D eigenvalue weighted by Gasteiger charge is -2.30. The molecule has 5 nitrogen and oxygen atoms in total. The number of piperidine rings is 1. The highest BCUT2D eigenvalue weighted by atomic mass is 32.2. The topological polar surface area (TPSA) is 66.5 Å². The molecular formula is C21H26N2O3S2. The smallest absolute Gasteiger partial charge is 0.252 e. The Morgan fingerprint density at radius 3 is 2.64 bits per heavy atom. The number of nitrogens with one attached hydrogen (secondary N) is 1. The van der Waals surface area contributed by atoms with Gasteiger partial charge in [-0.15, -0.1) is 11.3 Å². The zero-order chi connectivity index (χ0) is 19.7. The summed E-state index contributed by atoms with van der Waals surface area (Å²) in [6.07, 6.45) is 4.62. The average Bonchev–Trinajstić information content (AvgIpc) is 3.39. The molecule has 28 heavy (non-hydrogen) atoms. The summed E-state index contributed by atoms with van der Waals surface area (Å²) >= 11 is 1.24. The van der Waals surface area contributed by atoms with E-state index in [0.717, 1.165) is 18.4 Å². The summed E-state index contributed by atoms with van der Waals surface area (Å²) in [6.45, 7) is 2.81. The van der Waals surface area contributed by atoms with E-state index in [-0.39, 0.29) is 17.9 Å². The van der Waals surface area contributed by atoms with E-state index in [2.05, 4.69) is 23.5 Å². The Morgan fingerprint density at radius 2 is 1.93 bits per heavy atom. The second-order valence-corrected chi connectivity index (χ2v) is 10.8. The third-order valence-electron chi connectivity index (χ3n) is 5.90. The first-order valence-electron chi connectivity index (χ1n) is 9.91. The van der Waals surface area contributed by atoms with Crippen LogP contribution in [0.3, 0.4) is 0 Å². The lowest BCUT2D eigenvalue weighted by Crippen LogP contribution is -2.43. The third kappa shape index (κ3) is 3.88. The summed E-state index contributed by atoms with van der Waals surface area (Å²) < 4.78 is 27.1. The van der Waals surface area contributed by atoms with Crippen LogP contribution in [-0.4, -0.2) is 31.7 Å². The highest BCUT2D eigenvalue weighted by Gasteiger charge is 2.33. The van der Waals surface area contributed by atoms with E-state index in [1.165, 1.54) is 33.2 Å². The minimum absolute atomic E-state index is 0.0289. The normalized spacial score (nSPS) is 19.3. The molecule has 1 saturated heterocycles. The van der Waals surface area contributed by atoms with Gasteiger partial charge >= 0.3 is 0 Å². The number of sulfonamides is 1. The molecule has 1 N–H and O–H groups in total. The lowest BCUT2D eigenvalue weighted by atomic mass is 9.96. The predicted octanol–water partition coefficient (Wildman–Crippen LogP) is 3.51. The molecule has 7 heteroatoms. The molecule has 4 rings (SSSR count).